The molecule has 0 aromatic rings. The molecule has 0 spiro atoms. The number of hydrogen-bond donors (Lipinski definition) is 2. The SMILES string of the molecule is O=C(CC1CCCCO1)NCC(=O)NC1CCCCC1. The molecule has 2 fully saturated rings. The highest BCUT2D eigenvalue weighted by Crippen LogP contribution is 2.17. The first-order valence-electron chi connectivity index (χ1n) is 7.91. The van der Waals surface area contributed by atoms with Crippen LogP contribution < -0.4 is 10.6 Å². The molecule has 2 amide bonds. The zero-order chi connectivity index (χ0) is 14.2. The summed E-state index contributed by atoms with van der Waals surface area (Å²) in [5.74, 6) is -0.162. The van der Waals surface area contributed by atoms with Gasteiger partial charge in [0, 0.05) is 12.6 Å². The van der Waals surface area contributed by atoms with Gasteiger partial charge in [0.25, 0.3) is 0 Å². The van der Waals surface area contributed by atoms with Crippen LogP contribution in [-0.2, 0) is 14.3 Å². The maximum Gasteiger partial charge on any atom is 0.239 e. The van der Waals surface area contributed by atoms with Crippen LogP contribution in [0.25, 0.3) is 0 Å². The van der Waals surface area contributed by atoms with Crippen molar-refractivity contribution in [3.63, 3.8) is 0 Å². The summed E-state index contributed by atoms with van der Waals surface area (Å²) in [6.45, 7) is 0.835. The van der Waals surface area contributed by atoms with Crippen LogP contribution >= 0.6 is 0 Å². The van der Waals surface area contributed by atoms with Crippen LogP contribution in [0.2, 0.25) is 0 Å². The number of hydrogen-bond acceptors (Lipinski definition) is 3. The van der Waals surface area contributed by atoms with Gasteiger partial charge in [0.05, 0.1) is 19.1 Å². The molecule has 0 aromatic carbocycles. The van der Waals surface area contributed by atoms with E-state index in [1.165, 1.54) is 19.3 Å². The van der Waals surface area contributed by atoms with Gasteiger partial charge in [-0.15, -0.1) is 0 Å². The lowest BCUT2D eigenvalue weighted by molar-refractivity contribution is -0.128. The highest BCUT2D eigenvalue weighted by molar-refractivity contribution is 5.84. The number of carbonyl (C=O) groups excluding carboxylic acids is 2. The third kappa shape index (κ3) is 5.49. The molecular weight excluding hydrogens is 256 g/mol. The normalized spacial score (nSPS) is 24.1. The Morgan fingerprint density at radius 3 is 2.40 bits per heavy atom. The van der Waals surface area contributed by atoms with Crippen molar-refractivity contribution in [3.05, 3.63) is 0 Å². The number of ether oxygens (including phenoxy) is 1. The first kappa shape index (κ1) is 15.3. The minimum absolute atomic E-state index is 0.0326. The summed E-state index contributed by atoms with van der Waals surface area (Å²) in [6, 6.07) is 0.301. The fraction of sp³-hybridized carbons (Fsp3) is 0.867. The Hall–Kier alpha value is -1.10. The predicted octanol–water partition coefficient (Wildman–Crippen LogP) is 1.51. The van der Waals surface area contributed by atoms with E-state index in [1.807, 2.05) is 0 Å². The molecule has 5 nitrogen and oxygen atoms in total. The van der Waals surface area contributed by atoms with Crippen LogP contribution in [0.4, 0.5) is 0 Å². The van der Waals surface area contributed by atoms with Gasteiger partial charge < -0.3 is 15.4 Å². The standard InChI is InChI=1S/C15H26N2O3/c18-14(10-13-8-4-5-9-20-13)16-11-15(19)17-12-6-2-1-3-7-12/h12-13H,1-11H2,(H,16,18)(H,17,19). The highest BCUT2D eigenvalue weighted by atomic mass is 16.5. The largest absolute Gasteiger partial charge is 0.378 e. The Bertz CT molecular complexity index is 289. The molecule has 0 bridgehead atoms. The fourth-order valence-corrected chi connectivity index (χ4v) is 2.95. The minimum atomic E-state index is -0.0873. The van der Waals surface area contributed by atoms with Gasteiger partial charge in [-0.1, -0.05) is 19.3 Å². The molecule has 1 aliphatic carbocycles. The van der Waals surface area contributed by atoms with Crippen LogP contribution in [0.5, 0.6) is 0 Å². The Kier molecular flexibility index (Phi) is 6.30. The maximum absolute atomic E-state index is 11.8. The first-order chi connectivity index (χ1) is 9.74. The third-order valence-corrected chi connectivity index (χ3v) is 4.10. The molecule has 1 atom stereocenters. The lowest BCUT2D eigenvalue weighted by Gasteiger charge is -2.23. The van der Waals surface area contributed by atoms with Gasteiger partial charge in [-0.3, -0.25) is 9.59 Å². The summed E-state index contributed by atoms with van der Waals surface area (Å²) >= 11 is 0. The van der Waals surface area contributed by atoms with Crippen molar-refractivity contribution in [2.24, 2.45) is 0 Å². The maximum atomic E-state index is 11.8. The highest BCUT2D eigenvalue weighted by Gasteiger charge is 2.19. The molecule has 1 heterocycles. The van der Waals surface area contributed by atoms with Crippen LogP contribution in [0.3, 0.4) is 0 Å². The lowest BCUT2D eigenvalue weighted by Crippen LogP contribution is -2.43. The van der Waals surface area contributed by atoms with Crippen LogP contribution in [0.1, 0.15) is 57.8 Å². The van der Waals surface area contributed by atoms with Crippen molar-refractivity contribution in [3.8, 4) is 0 Å². The molecule has 114 valence electrons. The molecule has 1 saturated carbocycles. The van der Waals surface area contributed by atoms with Crippen LogP contribution in [0.15, 0.2) is 0 Å². The Labute approximate surface area is 120 Å². The average Bonchev–Trinajstić information content (AvgIpc) is 2.47. The van der Waals surface area contributed by atoms with Crippen molar-refractivity contribution in [2.75, 3.05) is 13.2 Å². The Morgan fingerprint density at radius 2 is 1.70 bits per heavy atom. The summed E-state index contributed by atoms with van der Waals surface area (Å²) in [5.41, 5.74) is 0. The van der Waals surface area contributed by atoms with Gasteiger partial charge in [-0.05, 0) is 32.1 Å². The van der Waals surface area contributed by atoms with Gasteiger partial charge in [-0.2, -0.15) is 0 Å². The molecule has 20 heavy (non-hydrogen) atoms. The Morgan fingerprint density at radius 1 is 0.950 bits per heavy atom. The van der Waals surface area contributed by atoms with E-state index in [9.17, 15) is 9.59 Å². The van der Waals surface area contributed by atoms with E-state index in [2.05, 4.69) is 10.6 Å². The van der Waals surface area contributed by atoms with Crippen molar-refractivity contribution in [1.29, 1.82) is 0 Å². The van der Waals surface area contributed by atoms with Crippen molar-refractivity contribution >= 4 is 11.8 Å². The van der Waals surface area contributed by atoms with E-state index in [0.717, 1.165) is 38.7 Å². The van der Waals surface area contributed by atoms with E-state index >= 15 is 0 Å². The molecule has 2 aliphatic rings. The molecule has 5 heteroatoms. The van der Waals surface area contributed by atoms with Crippen LogP contribution in [-0.4, -0.2) is 37.1 Å². The summed E-state index contributed by atoms with van der Waals surface area (Å²) in [5, 5.41) is 5.68. The summed E-state index contributed by atoms with van der Waals surface area (Å²) in [6.07, 6.45) is 9.34. The van der Waals surface area contributed by atoms with Crippen molar-refractivity contribution < 1.29 is 14.3 Å². The second-order valence-electron chi connectivity index (χ2n) is 5.87. The zero-order valence-electron chi connectivity index (χ0n) is 12.2. The zero-order valence-corrected chi connectivity index (χ0v) is 12.2. The summed E-state index contributed by atoms with van der Waals surface area (Å²) in [7, 11) is 0. The smallest absolute Gasteiger partial charge is 0.239 e. The van der Waals surface area contributed by atoms with E-state index in [0.29, 0.717) is 12.5 Å². The molecule has 0 aromatic heterocycles. The number of nitrogens with one attached hydrogen (secondary N) is 2. The molecular formula is C15H26N2O3. The number of carbonyl (C=O) groups is 2. The van der Waals surface area contributed by atoms with Gasteiger partial charge in [0.2, 0.25) is 11.8 Å². The van der Waals surface area contributed by atoms with E-state index in [1.54, 1.807) is 0 Å². The van der Waals surface area contributed by atoms with Gasteiger partial charge in [0.15, 0.2) is 0 Å². The molecule has 2 rings (SSSR count). The van der Waals surface area contributed by atoms with E-state index in [-0.39, 0.29) is 24.5 Å². The lowest BCUT2D eigenvalue weighted by atomic mass is 9.95. The third-order valence-electron chi connectivity index (χ3n) is 4.10. The van der Waals surface area contributed by atoms with Crippen molar-refractivity contribution in [1.82, 2.24) is 10.6 Å². The minimum Gasteiger partial charge on any atom is -0.378 e. The Balaban J connectivity index is 1.58. The molecule has 0 radical (unpaired) electrons. The molecule has 1 aliphatic heterocycles. The second-order valence-corrected chi connectivity index (χ2v) is 5.87. The van der Waals surface area contributed by atoms with E-state index < -0.39 is 0 Å². The van der Waals surface area contributed by atoms with Crippen LogP contribution in [0, 0.1) is 0 Å². The summed E-state index contributed by atoms with van der Waals surface area (Å²) < 4.78 is 5.52. The molecule has 2 N–H and O–H groups in total. The fourth-order valence-electron chi connectivity index (χ4n) is 2.95. The molecule has 1 saturated heterocycles. The van der Waals surface area contributed by atoms with Gasteiger partial charge in [-0.25, -0.2) is 0 Å². The van der Waals surface area contributed by atoms with E-state index in [4.69, 9.17) is 4.74 Å². The topological polar surface area (TPSA) is 67.4 Å². The number of amides is 2. The summed E-state index contributed by atoms with van der Waals surface area (Å²) in [4.78, 5) is 23.5. The average molecular weight is 282 g/mol. The quantitative estimate of drug-likeness (QED) is 0.803. The monoisotopic (exact) mass is 282 g/mol. The number of rotatable bonds is 5. The van der Waals surface area contributed by atoms with Gasteiger partial charge >= 0.3 is 0 Å². The van der Waals surface area contributed by atoms with Gasteiger partial charge in [0.1, 0.15) is 0 Å². The molecule has 1 unspecified atom stereocenters. The first-order valence-corrected chi connectivity index (χ1v) is 7.91. The predicted molar refractivity (Wildman–Crippen MR) is 76.2 cm³/mol. The van der Waals surface area contributed by atoms with Crippen molar-refractivity contribution in [2.45, 2.75) is 69.9 Å². The second kappa shape index (κ2) is 8.25.